The van der Waals surface area contributed by atoms with Crippen LogP contribution in [0.5, 0.6) is 5.88 Å². The van der Waals surface area contributed by atoms with E-state index in [9.17, 15) is 4.79 Å². The fourth-order valence-corrected chi connectivity index (χ4v) is 4.35. The number of hydrogen-bond donors (Lipinski definition) is 2. The van der Waals surface area contributed by atoms with Gasteiger partial charge in [0, 0.05) is 56.7 Å². The molecule has 0 unspecified atom stereocenters. The van der Waals surface area contributed by atoms with E-state index in [1.807, 2.05) is 17.0 Å². The molecule has 10 heteroatoms. The molecule has 2 N–H and O–H groups in total. The molecule has 2 aromatic rings. The number of carbonyl (C=O) groups is 1. The van der Waals surface area contributed by atoms with Crippen molar-refractivity contribution in [1.29, 1.82) is 0 Å². The minimum atomic E-state index is -0.286. The Morgan fingerprint density at radius 1 is 1.06 bits per heavy atom. The molecular formula is C24H32N6O4. The summed E-state index contributed by atoms with van der Waals surface area (Å²) in [6, 6.07) is 7.61. The molecule has 0 radical (unpaired) electrons. The quantitative estimate of drug-likeness (QED) is 0.628. The van der Waals surface area contributed by atoms with Crippen molar-refractivity contribution in [3.63, 3.8) is 0 Å². The predicted molar refractivity (Wildman–Crippen MR) is 129 cm³/mol. The summed E-state index contributed by atoms with van der Waals surface area (Å²) in [7, 11) is 0. The van der Waals surface area contributed by atoms with Crippen LogP contribution in [0.4, 0.5) is 17.3 Å². The molecule has 3 aliphatic rings. The monoisotopic (exact) mass is 468 g/mol. The molecule has 0 saturated carbocycles. The summed E-state index contributed by atoms with van der Waals surface area (Å²) >= 11 is 0. The number of ether oxygens (including phenoxy) is 3. The van der Waals surface area contributed by atoms with E-state index in [4.69, 9.17) is 14.2 Å². The lowest BCUT2D eigenvalue weighted by atomic mass is 10.0. The summed E-state index contributed by atoms with van der Waals surface area (Å²) in [5, 5.41) is 6.38. The van der Waals surface area contributed by atoms with Crippen LogP contribution in [0.15, 0.2) is 24.3 Å². The van der Waals surface area contributed by atoms with E-state index in [0.29, 0.717) is 44.7 Å². The molecule has 2 fully saturated rings. The van der Waals surface area contributed by atoms with Gasteiger partial charge in [0.1, 0.15) is 12.3 Å². The number of nitrogens with one attached hydrogen (secondary N) is 2. The van der Waals surface area contributed by atoms with Gasteiger partial charge >= 0.3 is 0 Å². The molecule has 34 heavy (non-hydrogen) atoms. The molecule has 10 nitrogen and oxygen atoms in total. The van der Waals surface area contributed by atoms with E-state index in [-0.39, 0.29) is 11.6 Å². The van der Waals surface area contributed by atoms with Crippen molar-refractivity contribution >= 4 is 23.2 Å². The van der Waals surface area contributed by atoms with Crippen LogP contribution in [0, 0.1) is 0 Å². The number of morpholine rings is 2. The van der Waals surface area contributed by atoms with Crippen molar-refractivity contribution < 1.29 is 19.0 Å². The summed E-state index contributed by atoms with van der Waals surface area (Å²) in [6.45, 7) is 8.07. The highest BCUT2D eigenvalue weighted by molar-refractivity contribution is 6.03. The van der Waals surface area contributed by atoms with Gasteiger partial charge in [-0.1, -0.05) is 6.07 Å². The van der Waals surface area contributed by atoms with Crippen LogP contribution in [-0.2, 0) is 15.9 Å². The summed E-state index contributed by atoms with van der Waals surface area (Å²) in [5.41, 5.74) is 3.37. The van der Waals surface area contributed by atoms with E-state index in [2.05, 4.69) is 31.6 Å². The van der Waals surface area contributed by atoms with Gasteiger partial charge in [-0.2, -0.15) is 4.98 Å². The van der Waals surface area contributed by atoms with E-state index in [1.165, 1.54) is 5.56 Å². The first kappa shape index (κ1) is 22.8. The average Bonchev–Trinajstić information content (AvgIpc) is 2.89. The first-order valence-corrected chi connectivity index (χ1v) is 12.1. The minimum absolute atomic E-state index is 0.281. The van der Waals surface area contributed by atoms with Gasteiger partial charge < -0.3 is 29.7 Å². The topological polar surface area (TPSA) is 101 Å². The molecule has 0 bridgehead atoms. The van der Waals surface area contributed by atoms with Crippen molar-refractivity contribution in [2.45, 2.75) is 12.8 Å². The Balaban J connectivity index is 1.30. The Kier molecular flexibility index (Phi) is 7.37. The summed E-state index contributed by atoms with van der Waals surface area (Å²) in [6.07, 6.45) is 2.18. The van der Waals surface area contributed by atoms with Gasteiger partial charge in [-0.05, 0) is 30.5 Å². The lowest BCUT2D eigenvalue weighted by molar-refractivity contribution is 0.0320. The van der Waals surface area contributed by atoms with E-state index < -0.39 is 0 Å². The zero-order valence-electron chi connectivity index (χ0n) is 19.4. The maximum Gasteiger partial charge on any atom is 0.274 e. The first-order valence-electron chi connectivity index (χ1n) is 12.1. The van der Waals surface area contributed by atoms with Gasteiger partial charge in [0.25, 0.3) is 5.91 Å². The van der Waals surface area contributed by atoms with Crippen LogP contribution in [0.3, 0.4) is 0 Å². The van der Waals surface area contributed by atoms with E-state index in [0.717, 1.165) is 63.6 Å². The number of anilines is 3. The van der Waals surface area contributed by atoms with Crippen LogP contribution in [-0.4, -0.2) is 93.1 Å². The Hall–Kier alpha value is -2.95. The van der Waals surface area contributed by atoms with Crippen molar-refractivity contribution in [2.24, 2.45) is 0 Å². The number of fused-ring (bicyclic) bond motifs is 1. The Bertz CT molecular complexity index is 991. The van der Waals surface area contributed by atoms with Gasteiger partial charge in [0.15, 0.2) is 0 Å². The summed E-state index contributed by atoms with van der Waals surface area (Å²) in [5.74, 6) is 0.608. The molecule has 3 aliphatic heterocycles. The van der Waals surface area contributed by atoms with Crippen molar-refractivity contribution in [2.75, 3.05) is 87.8 Å². The highest BCUT2D eigenvalue weighted by atomic mass is 16.5. The molecule has 0 spiro atoms. The second-order valence-electron chi connectivity index (χ2n) is 8.65. The number of aryl methyl sites for hydroxylation is 1. The fourth-order valence-electron chi connectivity index (χ4n) is 4.35. The smallest absolute Gasteiger partial charge is 0.274 e. The number of benzene rings is 1. The van der Waals surface area contributed by atoms with Gasteiger partial charge in [-0.15, -0.1) is 0 Å². The summed E-state index contributed by atoms with van der Waals surface area (Å²) < 4.78 is 16.8. The molecule has 1 aromatic heterocycles. The Morgan fingerprint density at radius 3 is 2.68 bits per heavy atom. The fraction of sp³-hybridized carbons (Fsp3) is 0.542. The van der Waals surface area contributed by atoms with E-state index in [1.54, 1.807) is 6.07 Å². The van der Waals surface area contributed by atoms with Crippen LogP contribution < -0.4 is 20.3 Å². The van der Waals surface area contributed by atoms with Gasteiger partial charge in [-0.3, -0.25) is 9.69 Å². The maximum absolute atomic E-state index is 13.1. The van der Waals surface area contributed by atoms with Crippen molar-refractivity contribution in [1.82, 2.24) is 14.9 Å². The largest absolute Gasteiger partial charge is 0.476 e. The number of amides is 1. The number of aromatic nitrogens is 2. The molecule has 1 amide bonds. The zero-order chi connectivity index (χ0) is 23.2. The van der Waals surface area contributed by atoms with Gasteiger partial charge in [0.2, 0.25) is 11.8 Å². The number of rotatable bonds is 7. The second kappa shape index (κ2) is 11.0. The second-order valence-corrected chi connectivity index (χ2v) is 8.65. The predicted octanol–water partition coefficient (Wildman–Crippen LogP) is 1.63. The SMILES string of the molecule is O=C(Nc1ccc2c(c1)NCCC2)c1cc(OCCN2CCOCC2)nc(N2CCOCC2)n1. The van der Waals surface area contributed by atoms with Crippen LogP contribution >= 0.6 is 0 Å². The molecule has 1 aromatic carbocycles. The molecule has 0 aliphatic carbocycles. The Labute approximate surface area is 199 Å². The molecule has 4 heterocycles. The standard InChI is InChI=1S/C24H32N6O4/c31-23(26-19-4-3-18-2-1-5-25-20(18)16-19)21-17-22(34-15-8-29-6-11-32-12-7-29)28-24(27-21)30-9-13-33-14-10-30/h3-4,16-17,25H,1-2,5-15H2,(H,26,31). The number of carbonyl (C=O) groups excluding carboxylic acids is 1. The zero-order valence-corrected chi connectivity index (χ0v) is 19.4. The van der Waals surface area contributed by atoms with Crippen LogP contribution in [0.1, 0.15) is 22.5 Å². The van der Waals surface area contributed by atoms with Crippen molar-refractivity contribution in [3.8, 4) is 5.88 Å². The lowest BCUT2D eigenvalue weighted by Gasteiger charge is -2.27. The molecule has 0 atom stereocenters. The highest BCUT2D eigenvalue weighted by Gasteiger charge is 2.20. The Morgan fingerprint density at radius 2 is 1.85 bits per heavy atom. The van der Waals surface area contributed by atoms with Gasteiger partial charge in [0.05, 0.1) is 26.4 Å². The average molecular weight is 469 g/mol. The third kappa shape index (κ3) is 5.75. The third-order valence-corrected chi connectivity index (χ3v) is 6.28. The number of nitrogens with zero attached hydrogens (tertiary/aromatic N) is 4. The molecule has 2 saturated heterocycles. The van der Waals surface area contributed by atoms with Crippen LogP contribution in [0.2, 0.25) is 0 Å². The maximum atomic E-state index is 13.1. The third-order valence-electron chi connectivity index (χ3n) is 6.28. The molecule has 5 rings (SSSR count). The normalized spacial score (nSPS) is 18.6. The van der Waals surface area contributed by atoms with Gasteiger partial charge in [-0.25, -0.2) is 4.98 Å². The molecule has 182 valence electrons. The van der Waals surface area contributed by atoms with E-state index >= 15 is 0 Å². The summed E-state index contributed by atoms with van der Waals surface area (Å²) in [4.78, 5) is 26.6. The highest BCUT2D eigenvalue weighted by Crippen LogP contribution is 2.26. The first-order chi connectivity index (χ1) is 16.7. The lowest BCUT2D eigenvalue weighted by Crippen LogP contribution is -2.39. The number of hydrogen-bond acceptors (Lipinski definition) is 9. The van der Waals surface area contributed by atoms with Crippen LogP contribution in [0.25, 0.3) is 0 Å². The minimum Gasteiger partial charge on any atom is -0.476 e. The van der Waals surface area contributed by atoms with Crippen molar-refractivity contribution in [3.05, 3.63) is 35.5 Å². The molecular weight excluding hydrogens is 436 g/mol.